The van der Waals surface area contributed by atoms with E-state index < -0.39 is 0 Å². The molecule has 1 atom stereocenters. The summed E-state index contributed by atoms with van der Waals surface area (Å²) in [7, 11) is 0. The van der Waals surface area contributed by atoms with Crippen LogP contribution in [0.25, 0.3) is 11.0 Å². The molecule has 132 valence electrons. The summed E-state index contributed by atoms with van der Waals surface area (Å²) in [5.74, 6) is 0.969. The van der Waals surface area contributed by atoms with E-state index in [0.29, 0.717) is 18.6 Å². The average Bonchev–Trinajstić information content (AvgIpc) is 2.94. The van der Waals surface area contributed by atoms with Gasteiger partial charge in [-0.2, -0.15) is 15.1 Å². The molecule has 1 amide bonds. The van der Waals surface area contributed by atoms with Gasteiger partial charge in [0.25, 0.3) is 0 Å². The Morgan fingerprint density at radius 2 is 2.21 bits per heavy atom. The Morgan fingerprint density at radius 3 is 2.79 bits per heavy atom. The molecule has 9 nitrogen and oxygen atoms in total. The number of nitrogen functional groups attached to an aromatic ring is 1. The van der Waals surface area contributed by atoms with Gasteiger partial charge in [-0.15, -0.1) is 0 Å². The molecule has 1 aliphatic heterocycles. The van der Waals surface area contributed by atoms with Gasteiger partial charge < -0.3 is 21.1 Å². The number of rotatable bonds is 2. The van der Waals surface area contributed by atoms with E-state index >= 15 is 0 Å². The van der Waals surface area contributed by atoms with Gasteiger partial charge in [0.2, 0.25) is 12.4 Å². The van der Waals surface area contributed by atoms with E-state index in [1.54, 1.807) is 6.20 Å². The van der Waals surface area contributed by atoms with Crippen LogP contribution in [0.5, 0.6) is 0 Å². The van der Waals surface area contributed by atoms with Gasteiger partial charge in [-0.05, 0) is 33.6 Å². The first-order valence-electron chi connectivity index (χ1n) is 7.91. The van der Waals surface area contributed by atoms with Crippen molar-refractivity contribution in [1.29, 1.82) is 0 Å². The Balaban J connectivity index is 0.000000256. The predicted molar refractivity (Wildman–Crippen MR) is 92.5 cm³/mol. The number of carbonyl (C=O) groups excluding carboxylic acids is 1. The van der Waals surface area contributed by atoms with Gasteiger partial charge in [-0.1, -0.05) is 0 Å². The Bertz CT molecular complexity index is 680. The van der Waals surface area contributed by atoms with Crippen LogP contribution in [-0.2, 0) is 4.79 Å². The maximum atomic E-state index is 9.71. The number of H-pyrrole nitrogens is 1. The minimum atomic E-state index is -0.304. The van der Waals surface area contributed by atoms with E-state index in [4.69, 9.17) is 5.73 Å². The summed E-state index contributed by atoms with van der Waals surface area (Å²) in [5.41, 5.74) is 6.23. The largest absolute Gasteiger partial charge is 0.391 e. The number of aliphatic hydroxyl groups is 1. The van der Waals surface area contributed by atoms with E-state index in [2.05, 4.69) is 25.5 Å². The third-order valence-corrected chi connectivity index (χ3v) is 3.49. The molecule has 2 aromatic rings. The highest BCUT2D eigenvalue weighted by Gasteiger charge is 2.21. The second-order valence-corrected chi connectivity index (χ2v) is 6.79. The van der Waals surface area contributed by atoms with Crippen molar-refractivity contribution in [3.8, 4) is 0 Å². The van der Waals surface area contributed by atoms with Crippen LogP contribution >= 0.6 is 0 Å². The van der Waals surface area contributed by atoms with Gasteiger partial charge in [0.1, 0.15) is 5.82 Å². The topological polar surface area (TPSA) is 133 Å². The molecule has 9 heteroatoms. The van der Waals surface area contributed by atoms with Crippen molar-refractivity contribution in [3.05, 3.63) is 6.20 Å². The van der Waals surface area contributed by atoms with Crippen molar-refractivity contribution in [1.82, 2.24) is 25.5 Å². The van der Waals surface area contributed by atoms with E-state index in [1.807, 2.05) is 25.7 Å². The summed E-state index contributed by atoms with van der Waals surface area (Å²) >= 11 is 0. The number of carbonyl (C=O) groups is 1. The number of fused-ring (bicyclic) bond motifs is 1. The Hall–Kier alpha value is -2.42. The van der Waals surface area contributed by atoms with Crippen molar-refractivity contribution in [2.45, 2.75) is 45.3 Å². The fourth-order valence-electron chi connectivity index (χ4n) is 2.40. The number of aromatic nitrogens is 4. The van der Waals surface area contributed by atoms with Crippen LogP contribution in [0.15, 0.2) is 6.20 Å². The van der Waals surface area contributed by atoms with Crippen molar-refractivity contribution < 1.29 is 9.90 Å². The smallest absolute Gasteiger partial charge is 0.224 e. The quantitative estimate of drug-likeness (QED) is 0.585. The molecule has 0 bridgehead atoms. The normalized spacial score (nSPS) is 18.0. The van der Waals surface area contributed by atoms with Crippen LogP contribution in [0, 0.1) is 0 Å². The highest BCUT2D eigenvalue weighted by molar-refractivity contribution is 5.87. The number of piperidine rings is 1. The molecule has 5 N–H and O–H groups in total. The lowest BCUT2D eigenvalue weighted by atomic mass is 10.1. The van der Waals surface area contributed by atoms with E-state index in [0.717, 1.165) is 30.6 Å². The molecule has 1 saturated heterocycles. The molecule has 1 aliphatic rings. The number of hydrogen-bond acceptors (Lipinski definition) is 7. The molecule has 0 spiro atoms. The van der Waals surface area contributed by atoms with Crippen LogP contribution in [-0.4, -0.2) is 56.4 Å². The first kappa shape index (κ1) is 17.9. The van der Waals surface area contributed by atoms with Gasteiger partial charge in [0, 0.05) is 18.6 Å². The molecule has 3 rings (SSSR count). The molecule has 3 heterocycles. The molecule has 0 aliphatic carbocycles. The minimum Gasteiger partial charge on any atom is -0.391 e. The van der Waals surface area contributed by atoms with E-state index in [1.165, 1.54) is 0 Å². The maximum absolute atomic E-state index is 9.71. The number of nitrogens with one attached hydrogen (secondary N) is 2. The number of anilines is 2. The summed E-state index contributed by atoms with van der Waals surface area (Å²) in [5, 5.41) is 19.9. The summed E-state index contributed by atoms with van der Waals surface area (Å²) in [6.07, 6.45) is 3.88. The van der Waals surface area contributed by atoms with Crippen molar-refractivity contribution in [3.63, 3.8) is 0 Å². The molecule has 24 heavy (non-hydrogen) atoms. The zero-order valence-electron chi connectivity index (χ0n) is 14.3. The SMILES string of the molecule is CC(C)(C)NC=O.Nc1nc(N2CCCC(O)C2)c2cn[nH]c2n1. The van der Waals surface area contributed by atoms with Crippen molar-refractivity contribution >= 4 is 29.2 Å². The predicted octanol–water partition coefficient (Wildman–Crippen LogP) is 0.427. The summed E-state index contributed by atoms with van der Waals surface area (Å²) in [6, 6.07) is 0. The van der Waals surface area contributed by atoms with Crippen molar-refractivity contribution in [2.24, 2.45) is 0 Å². The molecular formula is C15H25N7O2. The lowest BCUT2D eigenvalue weighted by Gasteiger charge is -2.31. The summed E-state index contributed by atoms with van der Waals surface area (Å²) in [6.45, 7) is 7.24. The third-order valence-electron chi connectivity index (χ3n) is 3.49. The van der Waals surface area contributed by atoms with Gasteiger partial charge in [0.05, 0.1) is 17.7 Å². The highest BCUT2D eigenvalue weighted by atomic mass is 16.3. The fourth-order valence-corrected chi connectivity index (χ4v) is 2.40. The second kappa shape index (κ2) is 7.43. The lowest BCUT2D eigenvalue weighted by Crippen LogP contribution is -2.38. The van der Waals surface area contributed by atoms with Crippen LogP contribution in [0.4, 0.5) is 11.8 Å². The summed E-state index contributed by atoms with van der Waals surface area (Å²) < 4.78 is 0. The number of nitrogens with two attached hydrogens (primary N) is 1. The van der Waals surface area contributed by atoms with Crippen LogP contribution in [0.3, 0.4) is 0 Å². The second-order valence-electron chi connectivity index (χ2n) is 6.79. The molecule has 2 aromatic heterocycles. The Labute approximate surface area is 140 Å². The fraction of sp³-hybridized carbons (Fsp3) is 0.600. The van der Waals surface area contributed by atoms with Gasteiger partial charge in [0.15, 0.2) is 5.65 Å². The molecule has 0 radical (unpaired) electrons. The lowest BCUT2D eigenvalue weighted by molar-refractivity contribution is -0.110. The zero-order valence-corrected chi connectivity index (χ0v) is 14.3. The molecular weight excluding hydrogens is 310 g/mol. The zero-order chi connectivity index (χ0) is 17.7. The highest BCUT2D eigenvalue weighted by Crippen LogP contribution is 2.25. The number of aliphatic hydroxyl groups excluding tert-OH is 1. The van der Waals surface area contributed by atoms with Gasteiger partial charge in [-0.25, -0.2) is 0 Å². The summed E-state index contributed by atoms with van der Waals surface area (Å²) in [4.78, 5) is 20.1. The number of β-amino-alcohol motifs (C(OH)–C–C–N with tert-alkyl or cyclic N) is 1. The van der Waals surface area contributed by atoms with Gasteiger partial charge >= 0.3 is 0 Å². The number of amides is 1. The van der Waals surface area contributed by atoms with Crippen LogP contribution < -0.4 is 16.0 Å². The first-order valence-corrected chi connectivity index (χ1v) is 7.91. The molecule has 0 saturated carbocycles. The first-order chi connectivity index (χ1) is 11.3. The van der Waals surface area contributed by atoms with Crippen LogP contribution in [0.2, 0.25) is 0 Å². The third kappa shape index (κ3) is 4.79. The minimum absolute atomic E-state index is 0.0677. The average molecular weight is 335 g/mol. The number of aromatic amines is 1. The standard InChI is InChI=1S/C10H14N6O.C5H11NO/c11-10-13-8-7(4-12-15-8)9(14-10)16-3-1-2-6(17)5-16;1-5(2,3)6-4-7/h4,6,17H,1-3,5H2,(H3,11,12,13,14,15);4H,1-3H3,(H,6,7). The van der Waals surface area contributed by atoms with E-state index in [-0.39, 0.29) is 17.6 Å². The monoisotopic (exact) mass is 335 g/mol. The van der Waals surface area contributed by atoms with E-state index in [9.17, 15) is 9.90 Å². The van der Waals surface area contributed by atoms with Crippen molar-refractivity contribution in [2.75, 3.05) is 23.7 Å². The van der Waals surface area contributed by atoms with Gasteiger partial charge in [-0.3, -0.25) is 9.89 Å². The molecule has 0 aromatic carbocycles. The molecule has 1 fully saturated rings. The Kier molecular flexibility index (Phi) is 5.55. The Morgan fingerprint density at radius 1 is 1.46 bits per heavy atom. The maximum Gasteiger partial charge on any atom is 0.224 e. The molecule has 1 unspecified atom stereocenters. The number of hydrogen-bond donors (Lipinski definition) is 4. The number of nitrogens with zero attached hydrogens (tertiary/aromatic N) is 4. The van der Waals surface area contributed by atoms with Crippen LogP contribution in [0.1, 0.15) is 33.6 Å².